The fourth-order valence-electron chi connectivity index (χ4n) is 19.5. The van der Waals surface area contributed by atoms with Crippen LogP contribution in [0.25, 0.3) is 199 Å². The Morgan fingerprint density at radius 2 is 0.492 bits per heavy atom. The van der Waals surface area contributed by atoms with E-state index in [1.165, 1.54) is 49.2 Å². The summed E-state index contributed by atoms with van der Waals surface area (Å²) in [5, 5.41) is 9.32. The molecule has 0 unspecified atom stereocenters. The molecule has 20 aromatic carbocycles. The Balaban J connectivity index is 0.565. The average Bonchev–Trinajstić information content (AvgIpc) is 1.62. The summed E-state index contributed by atoms with van der Waals surface area (Å²) in [6.07, 6.45) is 0. The third kappa shape index (κ3) is 12.7. The second-order valence-corrected chi connectivity index (χ2v) is 32.6. The summed E-state index contributed by atoms with van der Waals surface area (Å²) >= 11 is 0. The highest BCUT2D eigenvalue weighted by Gasteiger charge is 2.25. The number of rotatable bonds is 17. The minimum Gasteiger partial charge on any atom is -0.456 e. The number of para-hydroxylation sites is 6. The number of nitrogens with zero attached hydrogens (tertiary/aromatic N) is 4. The van der Waals surface area contributed by atoms with E-state index in [0.717, 1.165) is 184 Å². The maximum absolute atomic E-state index is 7.05. The topological polar surface area (TPSA) is 42.6 Å². The quantitative estimate of drug-likeness (QED) is 0.0911. The molecule has 0 saturated heterocycles. The van der Waals surface area contributed by atoms with Crippen LogP contribution in [0.2, 0.25) is 0 Å². The molecule has 6 nitrogen and oxygen atoms in total. The molecule has 0 fully saturated rings. The molecule has 0 amide bonds. The Morgan fingerprint density at radius 3 is 1.01 bits per heavy atom. The number of aromatic nitrogens is 2. The zero-order valence-corrected chi connectivity index (χ0v) is 68.6. The highest BCUT2D eigenvalue weighted by Crippen LogP contribution is 2.50. The summed E-state index contributed by atoms with van der Waals surface area (Å²) in [6, 6.07) is 172. The molecule has 0 radical (unpaired) electrons. The van der Waals surface area contributed by atoms with Gasteiger partial charge in [0, 0.05) is 88.5 Å². The van der Waals surface area contributed by atoms with E-state index in [4.69, 9.17) is 8.83 Å². The number of anilines is 6. The molecule has 24 aromatic rings. The molecule has 0 atom stereocenters. The van der Waals surface area contributed by atoms with Crippen molar-refractivity contribution in [3.63, 3.8) is 0 Å². The Kier molecular flexibility index (Phi) is 17.8. The van der Waals surface area contributed by atoms with Crippen LogP contribution in [-0.2, 0) is 0 Å². The van der Waals surface area contributed by atoms with Crippen molar-refractivity contribution in [3.8, 4) is 112 Å². The fourth-order valence-corrected chi connectivity index (χ4v) is 19.5. The monoisotopic (exact) mass is 1610 g/mol. The van der Waals surface area contributed by atoms with E-state index in [0.29, 0.717) is 0 Å². The number of furan rings is 2. The molecule has 24 rings (SSSR count). The van der Waals surface area contributed by atoms with Crippen LogP contribution in [0.1, 0.15) is 0 Å². The van der Waals surface area contributed by atoms with Gasteiger partial charge in [0.2, 0.25) is 0 Å². The second kappa shape index (κ2) is 30.7. The maximum atomic E-state index is 7.05. The largest absolute Gasteiger partial charge is 0.456 e. The molecule has 4 aromatic heterocycles. The molecule has 0 aliphatic heterocycles. The lowest BCUT2D eigenvalue weighted by molar-refractivity contribution is 0.668. The van der Waals surface area contributed by atoms with Crippen LogP contribution in [0.5, 0.6) is 0 Å². The van der Waals surface area contributed by atoms with Crippen molar-refractivity contribution in [2.24, 2.45) is 0 Å². The number of hydrogen-bond donors (Lipinski definition) is 0. The van der Waals surface area contributed by atoms with Gasteiger partial charge in [-0.3, -0.25) is 0 Å². The fraction of sp³-hybridized carbons (Fsp3) is 0. The summed E-state index contributed by atoms with van der Waals surface area (Å²) in [4.78, 5) is 4.80. The van der Waals surface area contributed by atoms with E-state index in [-0.39, 0.29) is 0 Å². The van der Waals surface area contributed by atoms with E-state index in [1.54, 1.807) is 0 Å². The highest BCUT2D eigenvalue weighted by molar-refractivity contribution is 6.16. The minimum absolute atomic E-state index is 0.820. The first kappa shape index (κ1) is 73.1. The zero-order valence-electron chi connectivity index (χ0n) is 68.6. The molecule has 0 aliphatic carbocycles. The summed E-state index contributed by atoms with van der Waals surface area (Å²) in [5.74, 6) is 0. The Bertz CT molecular complexity index is 8200. The maximum Gasteiger partial charge on any atom is 0.136 e. The molecule has 0 aliphatic rings. The van der Waals surface area contributed by atoms with Gasteiger partial charge in [-0.1, -0.05) is 322 Å². The lowest BCUT2D eigenvalue weighted by Gasteiger charge is -2.29. The summed E-state index contributed by atoms with van der Waals surface area (Å²) in [7, 11) is 0. The molecule has 0 saturated carbocycles. The van der Waals surface area contributed by atoms with Crippen LogP contribution in [-0.4, -0.2) is 9.13 Å². The van der Waals surface area contributed by atoms with Gasteiger partial charge in [0.25, 0.3) is 0 Å². The van der Waals surface area contributed by atoms with E-state index in [9.17, 15) is 0 Å². The van der Waals surface area contributed by atoms with Crippen molar-refractivity contribution in [1.82, 2.24) is 9.13 Å². The molecule has 126 heavy (non-hydrogen) atoms. The molecule has 0 bridgehead atoms. The Hall–Kier alpha value is -16.8. The molecule has 590 valence electrons. The summed E-state index contributed by atoms with van der Waals surface area (Å²) < 4.78 is 18.2. The van der Waals surface area contributed by atoms with E-state index < -0.39 is 0 Å². The highest BCUT2D eigenvalue weighted by atomic mass is 16.3. The van der Waals surface area contributed by atoms with Gasteiger partial charge in [-0.2, -0.15) is 0 Å². The van der Waals surface area contributed by atoms with Gasteiger partial charge in [0.15, 0.2) is 0 Å². The van der Waals surface area contributed by atoms with Crippen molar-refractivity contribution < 1.29 is 8.83 Å². The molecular formula is C120H78N4O2. The Labute approximate surface area is 729 Å². The normalized spacial score (nSPS) is 11.7. The molecule has 6 heteroatoms. The van der Waals surface area contributed by atoms with Gasteiger partial charge < -0.3 is 27.8 Å². The zero-order chi connectivity index (χ0) is 83.1. The van der Waals surface area contributed by atoms with Crippen LogP contribution in [0.15, 0.2) is 482 Å². The minimum atomic E-state index is 0.820. The smallest absolute Gasteiger partial charge is 0.136 e. The molecule has 4 heterocycles. The van der Waals surface area contributed by atoms with Crippen molar-refractivity contribution in [3.05, 3.63) is 473 Å². The summed E-state index contributed by atoms with van der Waals surface area (Å²) in [5.41, 5.74) is 36.8. The van der Waals surface area contributed by atoms with Crippen LogP contribution in [0.4, 0.5) is 34.1 Å². The third-order valence-corrected chi connectivity index (χ3v) is 25.4. The molecule has 0 spiro atoms. The first-order chi connectivity index (χ1) is 62.5. The third-order valence-electron chi connectivity index (χ3n) is 25.4. The van der Waals surface area contributed by atoms with Gasteiger partial charge in [-0.25, -0.2) is 0 Å². The van der Waals surface area contributed by atoms with Crippen molar-refractivity contribution in [1.29, 1.82) is 0 Å². The first-order valence-corrected chi connectivity index (χ1v) is 43.1. The lowest BCUT2D eigenvalue weighted by Crippen LogP contribution is -2.11. The number of hydrogen-bond acceptors (Lipinski definition) is 4. The van der Waals surface area contributed by atoms with Gasteiger partial charge in [-0.05, 0) is 246 Å². The second-order valence-electron chi connectivity index (χ2n) is 32.6. The van der Waals surface area contributed by atoms with Gasteiger partial charge in [0.05, 0.1) is 27.8 Å². The van der Waals surface area contributed by atoms with E-state index in [2.05, 4.69) is 486 Å². The SMILES string of the molecule is c1ccc(-c2cc(-c3ccc(N(c4ccc(-c5ccc(-n6c7ccccc7c7ccccc76)cc5)cc4)c4cccc(-c5cccc6oc7ccccc7c56)c4)cc3)ccc2-c2ccc3c(c2)oc2cccc(-c4cccc(N(c5ccc(-c6ccc(-n7c8ccccc8c8ccccc87)cc6)cc5)c5ccccc5-c5ccccc5-c5ccccc5)c4)c23)cc1. The van der Waals surface area contributed by atoms with Crippen LogP contribution < -0.4 is 9.80 Å². The van der Waals surface area contributed by atoms with Crippen molar-refractivity contribution in [2.45, 2.75) is 0 Å². The lowest BCUT2D eigenvalue weighted by atomic mass is 9.90. The van der Waals surface area contributed by atoms with Crippen molar-refractivity contribution in [2.75, 3.05) is 9.80 Å². The molecule has 0 N–H and O–H groups in total. The number of benzene rings is 20. The predicted molar refractivity (Wildman–Crippen MR) is 528 cm³/mol. The summed E-state index contributed by atoms with van der Waals surface area (Å²) in [6.45, 7) is 0. The standard InChI is InChI=1S/C120H78N4O2/c1-3-25-84(26-4-1)97-33-7-8-34-101(97)102-35-9-15-43-110(102)122(92-67-53-80(54-68-92)82-57-71-94(72-58-82)124-113-46-18-12-38-105(113)106-39-13-19-47-114(106)124)96-32-22-30-88(76-96)100-42-24-50-117-120(100)108-74-62-89(78-118(108)126-117)98-73-61-86(77-109(98)85-27-5-2-6-28-85)83-59-65-91(66-60-83)121(95-31-21-29-87(75-95)99-41-23-49-116-119(99)107-40-14-20-48-115(107)125-116)90-63-51-79(52-64-90)81-55-69-93(70-56-81)123-111-44-16-10-36-103(111)104-37-11-17-45-112(104)123/h1-78H. The van der Waals surface area contributed by atoms with Crippen LogP contribution in [0.3, 0.4) is 0 Å². The predicted octanol–water partition coefficient (Wildman–Crippen LogP) is 33.6. The number of fused-ring (bicyclic) bond motifs is 12. The van der Waals surface area contributed by atoms with Crippen LogP contribution in [0, 0.1) is 0 Å². The van der Waals surface area contributed by atoms with Gasteiger partial charge in [0.1, 0.15) is 22.3 Å². The van der Waals surface area contributed by atoms with Crippen LogP contribution >= 0.6 is 0 Å². The molecular weight excluding hydrogens is 1530 g/mol. The van der Waals surface area contributed by atoms with E-state index >= 15 is 0 Å². The first-order valence-electron chi connectivity index (χ1n) is 43.1. The Morgan fingerprint density at radius 1 is 0.159 bits per heavy atom. The van der Waals surface area contributed by atoms with Gasteiger partial charge in [-0.15, -0.1) is 0 Å². The average molecular weight is 1610 g/mol. The van der Waals surface area contributed by atoms with Gasteiger partial charge >= 0.3 is 0 Å². The van der Waals surface area contributed by atoms with Crippen molar-refractivity contribution >= 4 is 122 Å². The van der Waals surface area contributed by atoms with E-state index in [1.807, 2.05) is 6.07 Å².